The molecule has 1 aliphatic carbocycles. The Balaban J connectivity index is 1.72. The summed E-state index contributed by atoms with van der Waals surface area (Å²) in [4.78, 5) is 4.59. The van der Waals surface area contributed by atoms with Gasteiger partial charge in [-0.25, -0.2) is 4.98 Å². The Hall–Kier alpha value is -1.60. The zero-order valence-electron chi connectivity index (χ0n) is 11.7. The molecule has 0 unspecified atom stereocenters. The Bertz CT molecular complexity index is 516. The lowest BCUT2D eigenvalue weighted by Crippen LogP contribution is -2.22. The highest BCUT2D eigenvalue weighted by molar-refractivity contribution is 5.43. The van der Waals surface area contributed by atoms with Crippen molar-refractivity contribution in [2.75, 3.05) is 19.8 Å². The average Bonchev–Trinajstić information content (AvgIpc) is 2.53. The highest BCUT2D eigenvalue weighted by Crippen LogP contribution is 2.26. The van der Waals surface area contributed by atoms with Crippen LogP contribution >= 0.6 is 0 Å². The fraction of sp³-hybridized carbons (Fsp3) is 0.625. The molecule has 0 spiro atoms. The summed E-state index contributed by atoms with van der Waals surface area (Å²) < 4.78 is 11.2. The average molecular weight is 272 g/mol. The molecule has 0 N–H and O–H groups in total. The predicted octanol–water partition coefficient (Wildman–Crippen LogP) is 2.64. The first-order chi connectivity index (χ1) is 9.86. The van der Waals surface area contributed by atoms with Crippen LogP contribution in [0.1, 0.15) is 42.5 Å². The van der Waals surface area contributed by atoms with E-state index in [2.05, 4.69) is 11.1 Å². The molecule has 1 fully saturated rings. The van der Waals surface area contributed by atoms with Gasteiger partial charge in [-0.1, -0.05) is 0 Å². The van der Waals surface area contributed by atoms with Crippen molar-refractivity contribution in [1.29, 1.82) is 5.26 Å². The summed E-state index contributed by atoms with van der Waals surface area (Å²) in [7, 11) is 0. The van der Waals surface area contributed by atoms with Crippen LogP contribution in [0, 0.1) is 17.2 Å². The summed E-state index contributed by atoms with van der Waals surface area (Å²) in [5, 5.41) is 9.27. The maximum atomic E-state index is 9.27. The van der Waals surface area contributed by atoms with Gasteiger partial charge in [-0.15, -0.1) is 0 Å². The minimum atomic E-state index is 0.521. The fourth-order valence-electron chi connectivity index (χ4n) is 2.91. The van der Waals surface area contributed by atoms with E-state index in [1.54, 1.807) is 0 Å². The van der Waals surface area contributed by atoms with Gasteiger partial charge in [-0.05, 0) is 56.1 Å². The maximum Gasteiger partial charge on any atom is 0.231 e. The predicted molar refractivity (Wildman–Crippen MR) is 74.6 cm³/mol. The molecule has 1 aromatic rings. The molecule has 106 valence electrons. The second kappa shape index (κ2) is 6.23. The van der Waals surface area contributed by atoms with Gasteiger partial charge in [0, 0.05) is 18.9 Å². The van der Waals surface area contributed by atoms with Crippen molar-refractivity contribution in [3.8, 4) is 11.9 Å². The monoisotopic (exact) mass is 272 g/mol. The summed E-state index contributed by atoms with van der Waals surface area (Å²) >= 11 is 0. The minimum absolute atomic E-state index is 0.521. The van der Waals surface area contributed by atoms with Crippen LogP contribution in [0.4, 0.5) is 0 Å². The SMILES string of the molecule is N#Cc1cc2c(nc1OCC1CCOCC1)CCCC2. The molecule has 0 amide bonds. The molecule has 3 rings (SSSR count). The van der Waals surface area contributed by atoms with Gasteiger partial charge in [0.05, 0.1) is 6.61 Å². The molecule has 0 atom stereocenters. The second-order valence-electron chi connectivity index (χ2n) is 5.63. The van der Waals surface area contributed by atoms with Crippen LogP contribution < -0.4 is 4.74 Å². The molecular formula is C16H20N2O2. The topological polar surface area (TPSA) is 55.1 Å². The number of rotatable bonds is 3. The van der Waals surface area contributed by atoms with Crippen LogP contribution in [0.3, 0.4) is 0 Å². The molecule has 4 heteroatoms. The Morgan fingerprint density at radius 2 is 2.10 bits per heavy atom. The summed E-state index contributed by atoms with van der Waals surface area (Å²) in [5.41, 5.74) is 2.93. The molecular weight excluding hydrogens is 252 g/mol. The first-order valence-corrected chi connectivity index (χ1v) is 7.50. The number of pyridine rings is 1. The van der Waals surface area contributed by atoms with E-state index in [0.717, 1.165) is 44.6 Å². The van der Waals surface area contributed by atoms with E-state index in [1.807, 2.05) is 6.07 Å². The van der Waals surface area contributed by atoms with Crippen molar-refractivity contribution in [3.05, 3.63) is 22.9 Å². The van der Waals surface area contributed by atoms with Gasteiger partial charge in [0.25, 0.3) is 0 Å². The van der Waals surface area contributed by atoms with Gasteiger partial charge in [-0.2, -0.15) is 5.26 Å². The van der Waals surface area contributed by atoms with Crippen LogP contribution in [-0.4, -0.2) is 24.8 Å². The number of nitrogens with zero attached hydrogens (tertiary/aromatic N) is 2. The zero-order valence-corrected chi connectivity index (χ0v) is 11.7. The third-order valence-electron chi connectivity index (χ3n) is 4.18. The third kappa shape index (κ3) is 2.94. The van der Waals surface area contributed by atoms with Gasteiger partial charge in [0.1, 0.15) is 11.6 Å². The van der Waals surface area contributed by atoms with E-state index in [4.69, 9.17) is 9.47 Å². The van der Waals surface area contributed by atoms with Gasteiger partial charge >= 0.3 is 0 Å². The van der Waals surface area contributed by atoms with Crippen molar-refractivity contribution in [2.45, 2.75) is 38.5 Å². The van der Waals surface area contributed by atoms with E-state index in [-0.39, 0.29) is 0 Å². The summed E-state index contributed by atoms with van der Waals surface area (Å²) in [6, 6.07) is 4.19. The number of hydrogen-bond acceptors (Lipinski definition) is 4. The highest BCUT2D eigenvalue weighted by atomic mass is 16.5. The van der Waals surface area contributed by atoms with Crippen LogP contribution in [-0.2, 0) is 17.6 Å². The van der Waals surface area contributed by atoms with Gasteiger partial charge in [0.15, 0.2) is 0 Å². The second-order valence-corrected chi connectivity index (χ2v) is 5.63. The van der Waals surface area contributed by atoms with E-state index in [9.17, 15) is 5.26 Å². The number of fused-ring (bicyclic) bond motifs is 1. The van der Waals surface area contributed by atoms with Crippen LogP contribution in [0.2, 0.25) is 0 Å². The Morgan fingerprint density at radius 1 is 1.30 bits per heavy atom. The van der Waals surface area contributed by atoms with Crippen molar-refractivity contribution in [3.63, 3.8) is 0 Å². The molecule has 4 nitrogen and oxygen atoms in total. The summed E-state index contributed by atoms with van der Waals surface area (Å²) in [6.07, 6.45) is 6.50. The van der Waals surface area contributed by atoms with Crippen molar-refractivity contribution in [2.24, 2.45) is 5.92 Å². The van der Waals surface area contributed by atoms with Crippen LogP contribution in [0.25, 0.3) is 0 Å². The van der Waals surface area contributed by atoms with E-state index in [0.29, 0.717) is 24.0 Å². The third-order valence-corrected chi connectivity index (χ3v) is 4.18. The normalized spacial score (nSPS) is 19.1. The first kappa shape index (κ1) is 13.4. The minimum Gasteiger partial charge on any atom is -0.476 e. The van der Waals surface area contributed by atoms with Crippen molar-refractivity contribution < 1.29 is 9.47 Å². The van der Waals surface area contributed by atoms with Crippen molar-refractivity contribution >= 4 is 0 Å². The zero-order chi connectivity index (χ0) is 13.8. The molecule has 20 heavy (non-hydrogen) atoms. The van der Waals surface area contributed by atoms with Crippen LogP contribution in [0.15, 0.2) is 6.07 Å². The van der Waals surface area contributed by atoms with E-state index >= 15 is 0 Å². The standard InChI is InChI=1S/C16H20N2O2/c17-10-14-9-13-3-1-2-4-15(13)18-16(14)20-11-12-5-7-19-8-6-12/h9,12H,1-8,11H2. The number of nitriles is 1. The molecule has 1 aromatic heterocycles. The highest BCUT2D eigenvalue weighted by Gasteiger charge is 2.18. The molecule has 0 radical (unpaired) electrons. The molecule has 0 saturated carbocycles. The Kier molecular flexibility index (Phi) is 4.17. The van der Waals surface area contributed by atoms with Crippen LogP contribution in [0.5, 0.6) is 5.88 Å². The molecule has 2 heterocycles. The smallest absolute Gasteiger partial charge is 0.231 e. The molecule has 2 aliphatic rings. The summed E-state index contributed by atoms with van der Waals surface area (Å²) in [6.45, 7) is 2.28. The number of aryl methyl sites for hydroxylation is 2. The lowest BCUT2D eigenvalue weighted by atomic mass is 9.95. The lowest BCUT2D eigenvalue weighted by molar-refractivity contribution is 0.0489. The number of hydrogen-bond donors (Lipinski definition) is 0. The van der Waals surface area contributed by atoms with Gasteiger partial charge in [-0.3, -0.25) is 0 Å². The Morgan fingerprint density at radius 3 is 2.90 bits per heavy atom. The van der Waals surface area contributed by atoms with E-state index < -0.39 is 0 Å². The van der Waals surface area contributed by atoms with Gasteiger partial charge in [0.2, 0.25) is 5.88 Å². The molecule has 0 aromatic carbocycles. The number of aromatic nitrogens is 1. The number of ether oxygens (including phenoxy) is 2. The lowest BCUT2D eigenvalue weighted by Gasteiger charge is -2.22. The van der Waals surface area contributed by atoms with Crippen molar-refractivity contribution in [1.82, 2.24) is 4.98 Å². The fourth-order valence-corrected chi connectivity index (χ4v) is 2.91. The Labute approximate surface area is 119 Å². The summed E-state index contributed by atoms with van der Waals surface area (Å²) in [5.74, 6) is 1.05. The van der Waals surface area contributed by atoms with Gasteiger partial charge < -0.3 is 9.47 Å². The first-order valence-electron chi connectivity index (χ1n) is 7.50. The molecule has 1 saturated heterocycles. The quantitative estimate of drug-likeness (QED) is 0.848. The van der Waals surface area contributed by atoms with E-state index in [1.165, 1.54) is 18.4 Å². The molecule has 0 bridgehead atoms. The molecule has 1 aliphatic heterocycles. The maximum absolute atomic E-state index is 9.27. The largest absolute Gasteiger partial charge is 0.476 e.